The van der Waals surface area contributed by atoms with E-state index in [1.54, 1.807) is 0 Å². The number of rotatable bonds is 6. The first-order chi connectivity index (χ1) is 16.5. The lowest BCUT2D eigenvalue weighted by Gasteiger charge is -2.12. The number of H-pyrrole nitrogens is 2. The van der Waals surface area contributed by atoms with Crippen LogP contribution >= 0.6 is 0 Å². The predicted molar refractivity (Wildman–Crippen MR) is 141 cm³/mol. The van der Waals surface area contributed by atoms with E-state index < -0.39 is 0 Å². The molecular weight excluding hydrogens is 420 g/mol. The minimum atomic E-state index is 0.904. The van der Waals surface area contributed by atoms with E-state index in [4.69, 9.17) is 0 Å². The Morgan fingerprint density at radius 3 is 1.35 bits per heavy atom. The van der Waals surface area contributed by atoms with Crippen molar-refractivity contribution in [1.82, 2.24) is 20.4 Å². The van der Waals surface area contributed by atoms with E-state index >= 15 is 0 Å². The fourth-order valence-electron chi connectivity index (χ4n) is 3.98. The van der Waals surface area contributed by atoms with Crippen LogP contribution < -0.4 is 9.80 Å². The third-order valence-corrected chi connectivity index (χ3v) is 5.96. The predicted octanol–water partition coefficient (Wildman–Crippen LogP) is 5.93. The van der Waals surface area contributed by atoms with Crippen molar-refractivity contribution in [3.63, 3.8) is 0 Å². The second-order valence-corrected chi connectivity index (χ2v) is 8.80. The summed E-state index contributed by atoms with van der Waals surface area (Å²) in [6.45, 7) is 0. The molecule has 0 amide bonds. The van der Waals surface area contributed by atoms with Crippen molar-refractivity contribution in [3.05, 3.63) is 84.9 Å². The van der Waals surface area contributed by atoms with E-state index in [-0.39, 0.29) is 0 Å². The van der Waals surface area contributed by atoms with Gasteiger partial charge in [-0.1, -0.05) is 42.5 Å². The number of aromatic nitrogens is 4. The van der Waals surface area contributed by atoms with E-state index in [0.29, 0.717) is 0 Å². The van der Waals surface area contributed by atoms with Crippen LogP contribution in [0.5, 0.6) is 0 Å². The molecule has 0 unspecified atom stereocenters. The molecule has 0 saturated heterocycles. The largest absolute Gasteiger partial charge is 0.378 e. The number of nitrogens with one attached hydrogen (secondary N) is 2. The molecule has 170 valence electrons. The van der Waals surface area contributed by atoms with E-state index in [2.05, 4.69) is 109 Å². The summed E-state index contributed by atoms with van der Waals surface area (Å²) in [7, 11) is 8.18. The number of hydrogen-bond acceptors (Lipinski definition) is 4. The first-order valence-corrected chi connectivity index (χ1v) is 11.2. The molecule has 0 fully saturated rings. The van der Waals surface area contributed by atoms with E-state index in [0.717, 1.165) is 56.4 Å². The Morgan fingerprint density at radius 1 is 0.500 bits per heavy atom. The molecule has 2 N–H and O–H groups in total. The second kappa shape index (κ2) is 8.90. The molecular formula is C28H28N6. The summed E-state index contributed by atoms with van der Waals surface area (Å²) in [5.74, 6) is 0. The molecule has 0 saturated carbocycles. The molecule has 2 heterocycles. The molecule has 0 spiro atoms. The molecule has 0 aliphatic rings. The molecule has 5 rings (SSSR count). The number of anilines is 2. The Labute approximate surface area is 199 Å². The van der Waals surface area contributed by atoms with Gasteiger partial charge in [0.15, 0.2) is 0 Å². The third kappa shape index (κ3) is 4.30. The van der Waals surface area contributed by atoms with Crippen molar-refractivity contribution in [2.24, 2.45) is 0 Å². The molecule has 0 atom stereocenters. The lowest BCUT2D eigenvalue weighted by molar-refractivity contribution is 1.09. The SMILES string of the molecule is CN(C)c1cccc(-c2cc(-c3cccc(-c4cc(-c5cccc(N(C)C)c5)[nH]n4)c3)n[nH]2)c1. The lowest BCUT2D eigenvalue weighted by atomic mass is 10.0. The van der Waals surface area contributed by atoms with Crippen molar-refractivity contribution in [2.45, 2.75) is 0 Å². The summed E-state index contributed by atoms with van der Waals surface area (Å²) in [6.07, 6.45) is 0. The highest BCUT2D eigenvalue weighted by Crippen LogP contribution is 2.30. The Morgan fingerprint density at radius 2 is 0.912 bits per heavy atom. The van der Waals surface area contributed by atoms with Gasteiger partial charge in [0, 0.05) is 61.8 Å². The van der Waals surface area contributed by atoms with Gasteiger partial charge in [-0.05, 0) is 42.5 Å². The molecule has 0 aliphatic carbocycles. The van der Waals surface area contributed by atoms with Gasteiger partial charge in [-0.2, -0.15) is 10.2 Å². The van der Waals surface area contributed by atoms with Crippen LogP contribution in [0.3, 0.4) is 0 Å². The van der Waals surface area contributed by atoms with Crippen LogP contribution in [-0.2, 0) is 0 Å². The minimum Gasteiger partial charge on any atom is -0.378 e. The Balaban J connectivity index is 1.42. The smallest absolute Gasteiger partial charge is 0.0927 e. The summed E-state index contributed by atoms with van der Waals surface area (Å²) in [5.41, 5.74) is 10.4. The normalized spacial score (nSPS) is 10.9. The molecule has 6 nitrogen and oxygen atoms in total. The van der Waals surface area contributed by atoms with E-state index in [1.807, 2.05) is 34.3 Å². The van der Waals surface area contributed by atoms with Crippen LogP contribution in [0.2, 0.25) is 0 Å². The summed E-state index contributed by atoms with van der Waals surface area (Å²) in [4.78, 5) is 4.19. The monoisotopic (exact) mass is 448 g/mol. The molecule has 2 aromatic heterocycles. The molecule has 5 aromatic rings. The summed E-state index contributed by atoms with van der Waals surface area (Å²) < 4.78 is 0. The highest BCUT2D eigenvalue weighted by molar-refractivity contribution is 5.76. The average molecular weight is 449 g/mol. The number of nitrogens with zero attached hydrogens (tertiary/aromatic N) is 4. The average Bonchev–Trinajstić information content (AvgIpc) is 3.55. The van der Waals surface area contributed by atoms with Crippen molar-refractivity contribution in [1.29, 1.82) is 0 Å². The molecule has 3 aromatic carbocycles. The fourth-order valence-corrected chi connectivity index (χ4v) is 3.98. The van der Waals surface area contributed by atoms with E-state index in [9.17, 15) is 0 Å². The highest BCUT2D eigenvalue weighted by Gasteiger charge is 2.11. The van der Waals surface area contributed by atoms with Gasteiger partial charge in [0.2, 0.25) is 0 Å². The van der Waals surface area contributed by atoms with Crippen molar-refractivity contribution in [2.75, 3.05) is 38.0 Å². The first-order valence-electron chi connectivity index (χ1n) is 11.2. The van der Waals surface area contributed by atoms with Crippen LogP contribution in [0.1, 0.15) is 0 Å². The standard InChI is InChI=1S/C28H28N6/c1-33(2)23-12-6-10-21(15-23)27-17-25(29-31-27)19-8-5-9-20(14-19)26-18-28(32-30-26)22-11-7-13-24(16-22)34(3)4/h5-18H,1-4H3,(H,29,31)(H,30,32). The van der Waals surface area contributed by atoms with Crippen LogP contribution in [-0.4, -0.2) is 48.6 Å². The van der Waals surface area contributed by atoms with Crippen molar-refractivity contribution in [3.8, 4) is 45.0 Å². The Hall–Kier alpha value is -4.32. The van der Waals surface area contributed by atoms with Gasteiger partial charge in [-0.25, -0.2) is 0 Å². The molecule has 0 aliphatic heterocycles. The van der Waals surface area contributed by atoms with Gasteiger partial charge in [-0.3, -0.25) is 10.2 Å². The van der Waals surface area contributed by atoms with Gasteiger partial charge in [0.05, 0.1) is 22.8 Å². The summed E-state index contributed by atoms with van der Waals surface area (Å²) in [6, 6.07) is 29.3. The summed E-state index contributed by atoms with van der Waals surface area (Å²) in [5, 5.41) is 15.5. The maximum absolute atomic E-state index is 4.58. The zero-order valence-corrected chi connectivity index (χ0v) is 19.9. The van der Waals surface area contributed by atoms with Gasteiger partial charge in [0.25, 0.3) is 0 Å². The zero-order chi connectivity index (χ0) is 23.7. The summed E-state index contributed by atoms with van der Waals surface area (Å²) >= 11 is 0. The van der Waals surface area contributed by atoms with Crippen molar-refractivity contribution >= 4 is 11.4 Å². The maximum Gasteiger partial charge on any atom is 0.0927 e. The van der Waals surface area contributed by atoms with Crippen LogP contribution in [0.15, 0.2) is 84.9 Å². The maximum atomic E-state index is 4.58. The fraction of sp³-hybridized carbons (Fsp3) is 0.143. The Kier molecular flexibility index (Phi) is 5.64. The molecule has 6 heteroatoms. The van der Waals surface area contributed by atoms with Gasteiger partial charge >= 0.3 is 0 Å². The number of hydrogen-bond donors (Lipinski definition) is 2. The topological polar surface area (TPSA) is 63.8 Å². The zero-order valence-electron chi connectivity index (χ0n) is 19.9. The third-order valence-electron chi connectivity index (χ3n) is 5.96. The van der Waals surface area contributed by atoms with Gasteiger partial charge in [0.1, 0.15) is 0 Å². The second-order valence-electron chi connectivity index (χ2n) is 8.80. The molecule has 0 bridgehead atoms. The number of benzene rings is 3. The molecule has 34 heavy (non-hydrogen) atoms. The van der Waals surface area contributed by atoms with Gasteiger partial charge in [-0.15, -0.1) is 0 Å². The van der Waals surface area contributed by atoms with Gasteiger partial charge < -0.3 is 9.80 Å². The lowest BCUT2D eigenvalue weighted by Crippen LogP contribution is -2.08. The molecule has 0 radical (unpaired) electrons. The van der Waals surface area contributed by atoms with Crippen LogP contribution in [0.4, 0.5) is 11.4 Å². The van der Waals surface area contributed by atoms with E-state index in [1.165, 1.54) is 0 Å². The number of aromatic amines is 2. The van der Waals surface area contributed by atoms with Crippen LogP contribution in [0.25, 0.3) is 45.0 Å². The highest BCUT2D eigenvalue weighted by atomic mass is 15.1. The minimum absolute atomic E-state index is 0.904. The van der Waals surface area contributed by atoms with Crippen molar-refractivity contribution < 1.29 is 0 Å². The quantitative estimate of drug-likeness (QED) is 0.338. The first kappa shape index (κ1) is 21.5. The Bertz CT molecular complexity index is 1320. The van der Waals surface area contributed by atoms with Crippen LogP contribution in [0, 0.1) is 0 Å².